The standard InChI is InChI=1S/C24H29N7O/c1-2-22-21(15-31(29-22)16-23(32)30-9-7-25-8-10-30)19-13-26-24(27-14-19)28-20-11-17-5-3-4-6-18(17)12-20/h3-6,13-15,20,25H,2,7-12,16H2,1H3,(H,26,27,28). The monoisotopic (exact) mass is 431 g/mol. The van der Waals surface area contributed by atoms with Crippen LogP contribution in [0.4, 0.5) is 5.95 Å². The van der Waals surface area contributed by atoms with Crippen molar-refractivity contribution in [3.63, 3.8) is 0 Å². The summed E-state index contributed by atoms with van der Waals surface area (Å²) in [5.41, 5.74) is 5.66. The quantitative estimate of drug-likeness (QED) is 0.620. The Labute approximate surface area is 188 Å². The van der Waals surface area contributed by atoms with Gasteiger partial charge >= 0.3 is 0 Å². The number of rotatable bonds is 6. The molecule has 8 heteroatoms. The Bertz CT molecular complexity index is 1060. The fourth-order valence-corrected chi connectivity index (χ4v) is 4.58. The molecule has 1 aromatic carbocycles. The first kappa shape index (κ1) is 20.6. The SMILES string of the molecule is CCc1nn(CC(=O)N2CCNCC2)cc1-c1cnc(NC2Cc3ccccc3C2)nc1. The lowest BCUT2D eigenvalue weighted by Gasteiger charge is -2.27. The molecule has 8 nitrogen and oxygen atoms in total. The number of fused-ring (bicyclic) bond motifs is 1. The van der Waals surface area contributed by atoms with Crippen LogP contribution >= 0.6 is 0 Å². The Morgan fingerprint density at radius 3 is 2.47 bits per heavy atom. The molecule has 0 radical (unpaired) electrons. The van der Waals surface area contributed by atoms with E-state index in [-0.39, 0.29) is 12.5 Å². The Kier molecular flexibility index (Phi) is 5.85. The van der Waals surface area contributed by atoms with Crippen molar-refractivity contribution >= 4 is 11.9 Å². The Balaban J connectivity index is 1.26. The highest BCUT2D eigenvalue weighted by molar-refractivity contribution is 5.76. The number of amides is 1. The van der Waals surface area contributed by atoms with E-state index in [0.29, 0.717) is 12.0 Å². The predicted molar refractivity (Wildman–Crippen MR) is 123 cm³/mol. The molecular weight excluding hydrogens is 402 g/mol. The van der Waals surface area contributed by atoms with Crippen LogP contribution in [0.2, 0.25) is 0 Å². The number of nitrogens with one attached hydrogen (secondary N) is 2. The molecule has 1 aliphatic carbocycles. The number of carbonyl (C=O) groups excluding carboxylic acids is 1. The second kappa shape index (κ2) is 9.08. The van der Waals surface area contributed by atoms with Gasteiger partial charge in [-0.15, -0.1) is 0 Å². The van der Waals surface area contributed by atoms with E-state index in [9.17, 15) is 4.79 Å². The third kappa shape index (κ3) is 4.36. The average Bonchev–Trinajstić information content (AvgIpc) is 3.43. The highest BCUT2D eigenvalue weighted by Crippen LogP contribution is 2.25. The van der Waals surface area contributed by atoms with E-state index in [4.69, 9.17) is 0 Å². The molecule has 2 N–H and O–H groups in total. The van der Waals surface area contributed by atoms with Crippen LogP contribution < -0.4 is 10.6 Å². The summed E-state index contributed by atoms with van der Waals surface area (Å²) in [6.07, 6.45) is 8.40. The third-order valence-corrected chi connectivity index (χ3v) is 6.29. The fourth-order valence-electron chi connectivity index (χ4n) is 4.58. The van der Waals surface area contributed by atoms with Crippen LogP contribution in [0.3, 0.4) is 0 Å². The minimum absolute atomic E-state index is 0.108. The molecule has 5 rings (SSSR count). The number of aryl methyl sites for hydroxylation is 1. The number of nitrogens with zero attached hydrogens (tertiary/aromatic N) is 5. The number of carbonyl (C=O) groups is 1. The topological polar surface area (TPSA) is 88.0 Å². The van der Waals surface area contributed by atoms with Crippen LogP contribution in [0, 0.1) is 0 Å². The average molecular weight is 432 g/mol. The first-order valence-electron chi connectivity index (χ1n) is 11.4. The summed E-state index contributed by atoms with van der Waals surface area (Å²) < 4.78 is 1.75. The first-order chi connectivity index (χ1) is 15.7. The molecule has 1 aliphatic heterocycles. The summed E-state index contributed by atoms with van der Waals surface area (Å²) >= 11 is 0. The van der Waals surface area contributed by atoms with E-state index in [2.05, 4.69) is 56.9 Å². The zero-order valence-electron chi connectivity index (χ0n) is 18.4. The lowest BCUT2D eigenvalue weighted by atomic mass is 10.1. The van der Waals surface area contributed by atoms with Gasteiger partial charge in [-0.3, -0.25) is 9.48 Å². The first-order valence-corrected chi connectivity index (χ1v) is 11.4. The molecule has 0 unspecified atom stereocenters. The third-order valence-electron chi connectivity index (χ3n) is 6.29. The maximum atomic E-state index is 12.6. The fraction of sp³-hybridized carbons (Fsp3) is 0.417. The van der Waals surface area contributed by atoms with Crippen molar-refractivity contribution in [3.8, 4) is 11.1 Å². The molecule has 0 atom stereocenters. The van der Waals surface area contributed by atoms with Crippen molar-refractivity contribution in [1.82, 2.24) is 30.0 Å². The number of anilines is 1. The molecule has 0 saturated carbocycles. The van der Waals surface area contributed by atoms with Crippen molar-refractivity contribution < 1.29 is 4.79 Å². The van der Waals surface area contributed by atoms with Gasteiger partial charge in [-0.25, -0.2) is 9.97 Å². The van der Waals surface area contributed by atoms with Gasteiger partial charge in [-0.2, -0.15) is 5.10 Å². The molecule has 3 aromatic rings. The van der Waals surface area contributed by atoms with Gasteiger partial charge < -0.3 is 15.5 Å². The highest BCUT2D eigenvalue weighted by Gasteiger charge is 2.22. The van der Waals surface area contributed by atoms with Crippen LogP contribution in [0.1, 0.15) is 23.7 Å². The van der Waals surface area contributed by atoms with Crippen LogP contribution in [-0.2, 0) is 30.6 Å². The maximum Gasteiger partial charge on any atom is 0.244 e. The van der Waals surface area contributed by atoms with Gasteiger partial charge in [0, 0.05) is 61.9 Å². The van der Waals surface area contributed by atoms with Gasteiger partial charge in [-0.1, -0.05) is 31.2 Å². The van der Waals surface area contributed by atoms with Crippen molar-refractivity contribution in [2.45, 2.75) is 38.8 Å². The normalized spacial score (nSPS) is 16.2. The summed E-state index contributed by atoms with van der Waals surface area (Å²) in [5, 5.41) is 11.4. The molecule has 32 heavy (non-hydrogen) atoms. The van der Waals surface area contributed by atoms with Gasteiger partial charge in [0.2, 0.25) is 11.9 Å². The minimum Gasteiger partial charge on any atom is -0.351 e. The van der Waals surface area contributed by atoms with E-state index in [1.54, 1.807) is 4.68 Å². The summed E-state index contributed by atoms with van der Waals surface area (Å²) in [6, 6.07) is 8.89. The molecule has 2 aromatic heterocycles. The second-order valence-corrected chi connectivity index (χ2v) is 8.48. The largest absolute Gasteiger partial charge is 0.351 e. The van der Waals surface area contributed by atoms with Crippen molar-refractivity contribution in [1.29, 1.82) is 0 Å². The Morgan fingerprint density at radius 2 is 1.81 bits per heavy atom. The van der Waals surface area contributed by atoms with Gasteiger partial charge in [0.05, 0.1) is 5.69 Å². The van der Waals surface area contributed by atoms with Crippen molar-refractivity contribution in [3.05, 3.63) is 59.7 Å². The van der Waals surface area contributed by atoms with E-state index >= 15 is 0 Å². The molecule has 1 fully saturated rings. The summed E-state index contributed by atoms with van der Waals surface area (Å²) in [6.45, 7) is 5.53. The van der Waals surface area contributed by atoms with Gasteiger partial charge in [0.25, 0.3) is 0 Å². The molecule has 0 spiro atoms. The van der Waals surface area contributed by atoms with Crippen LogP contribution in [0.15, 0.2) is 42.9 Å². The van der Waals surface area contributed by atoms with Crippen LogP contribution in [-0.4, -0.2) is 62.8 Å². The van der Waals surface area contributed by atoms with Crippen molar-refractivity contribution in [2.24, 2.45) is 0 Å². The lowest BCUT2D eigenvalue weighted by Crippen LogP contribution is -2.47. The minimum atomic E-state index is 0.108. The maximum absolute atomic E-state index is 12.6. The highest BCUT2D eigenvalue weighted by atomic mass is 16.2. The van der Waals surface area contributed by atoms with Gasteiger partial charge in [0.15, 0.2) is 0 Å². The number of piperazine rings is 1. The molecule has 3 heterocycles. The van der Waals surface area contributed by atoms with E-state index in [1.165, 1.54) is 11.1 Å². The summed E-state index contributed by atoms with van der Waals surface area (Å²) in [5.74, 6) is 0.752. The van der Waals surface area contributed by atoms with Gasteiger partial charge in [0.1, 0.15) is 6.54 Å². The number of aromatic nitrogens is 4. The molecule has 1 amide bonds. The predicted octanol–water partition coefficient (Wildman–Crippen LogP) is 1.91. The molecule has 166 valence electrons. The Hall–Kier alpha value is -3.26. The Morgan fingerprint density at radius 1 is 1.12 bits per heavy atom. The molecular formula is C24H29N7O. The van der Waals surface area contributed by atoms with E-state index in [1.807, 2.05) is 23.5 Å². The summed E-state index contributed by atoms with van der Waals surface area (Å²) in [4.78, 5) is 23.6. The zero-order chi connectivity index (χ0) is 21.9. The van der Waals surface area contributed by atoms with E-state index in [0.717, 1.165) is 62.3 Å². The van der Waals surface area contributed by atoms with Crippen LogP contribution in [0.5, 0.6) is 0 Å². The number of benzene rings is 1. The molecule has 2 aliphatic rings. The van der Waals surface area contributed by atoms with Crippen molar-refractivity contribution in [2.75, 3.05) is 31.5 Å². The zero-order valence-corrected chi connectivity index (χ0v) is 18.4. The number of hydrogen-bond acceptors (Lipinski definition) is 6. The van der Waals surface area contributed by atoms with E-state index < -0.39 is 0 Å². The molecule has 1 saturated heterocycles. The second-order valence-electron chi connectivity index (χ2n) is 8.48. The smallest absolute Gasteiger partial charge is 0.244 e. The summed E-state index contributed by atoms with van der Waals surface area (Å²) in [7, 11) is 0. The molecule has 0 bridgehead atoms. The lowest BCUT2D eigenvalue weighted by molar-refractivity contribution is -0.132. The number of hydrogen-bond donors (Lipinski definition) is 2. The van der Waals surface area contributed by atoms with Crippen LogP contribution in [0.25, 0.3) is 11.1 Å². The van der Waals surface area contributed by atoms with Gasteiger partial charge in [-0.05, 0) is 30.4 Å².